The van der Waals surface area contributed by atoms with E-state index in [0.717, 1.165) is 0 Å². The molecule has 1 rings (SSSR count). The van der Waals surface area contributed by atoms with Crippen molar-refractivity contribution in [3.63, 3.8) is 0 Å². The molecule has 0 bridgehead atoms. The number of para-hydroxylation sites is 1. The summed E-state index contributed by atoms with van der Waals surface area (Å²) in [6.07, 6.45) is -2.06. The Morgan fingerprint density at radius 2 is 1.73 bits per heavy atom. The summed E-state index contributed by atoms with van der Waals surface area (Å²) < 4.78 is 5.47. The third-order valence-corrected chi connectivity index (χ3v) is 1.85. The maximum absolute atomic E-state index is 9.42. The highest BCUT2D eigenvalue weighted by Gasteiger charge is 2.17. The van der Waals surface area contributed by atoms with Crippen LogP contribution in [-0.2, 0) is 0 Å². The lowest BCUT2D eigenvalue weighted by atomic mass is 10.3. The van der Waals surface area contributed by atoms with Crippen molar-refractivity contribution in [3.05, 3.63) is 30.3 Å². The van der Waals surface area contributed by atoms with Gasteiger partial charge in [0.25, 0.3) is 0 Å². The summed E-state index contributed by atoms with van der Waals surface area (Å²) in [6, 6.07) is 9.15. The standard InChI is InChI=1S/C11H17NO3/c1-8(13)11(12-9(2)14)15-10-6-4-3-5-7-10/h3-9,11-14H,1-2H3. The number of hydrogen-bond donors (Lipinski definition) is 3. The van der Waals surface area contributed by atoms with Crippen LogP contribution >= 0.6 is 0 Å². The van der Waals surface area contributed by atoms with Gasteiger partial charge in [-0.2, -0.15) is 0 Å². The van der Waals surface area contributed by atoms with Crippen LogP contribution in [-0.4, -0.2) is 28.8 Å². The summed E-state index contributed by atoms with van der Waals surface area (Å²) in [5, 5.41) is 21.3. The quantitative estimate of drug-likeness (QED) is 0.627. The molecule has 0 spiro atoms. The Hall–Kier alpha value is -1.10. The largest absolute Gasteiger partial charge is 0.473 e. The van der Waals surface area contributed by atoms with E-state index < -0.39 is 18.6 Å². The van der Waals surface area contributed by atoms with Gasteiger partial charge in [-0.25, -0.2) is 0 Å². The van der Waals surface area contributed by atoms with Gasteiger partial charge in [0.1, 0.15) is 18.1 Å². The lowest BCUT2D eigenvalue weighted by Gasteiger charge is -2.24. The van der Waals surface area contributed by atoms with Crippen LogP contribution < -0.4 is 10.1 Å². The van der Waals surface area contributed by atoms with Crippen LogP contribution in [0.25, 0.3) is 0 Å². The summed E-state index contributed by atoms with van der Waals surface area (Å²) in [5.74, 6) is 0.650. The van der Waals surface area contributed by atoms with Gasteiger partial charge in [0.2, 0.25) is 0 Å². The molecule has 0 fully saturated rings. The molecule has 4 nitrogen and oxygen atoms in total. The van der Waals surface area contributed by atoms with E-state index in [0.29, 0.717) is 5.75 Å². The number of aliphatic hydroxyl groups excluding tert-OH is 2. The van der Waals surface area contributed by atoms with Gasteiger partial charge < -0.3 is 14.9 Å². The number of hydrogen-bond acceptors (Lipinski definition) is 4. The van der Waals surface area contributed by atoms with Gasteiger partial charge in [0.15, 0.2) is 6.23 Å². The Morgan fingerprint density at radius 1 is 1.13 bits per heavy atom. The van der Waals surface area contributed by atoms with Crippen molar-refractivity contribution < 1.29 is 14.9 Å². The van der Waals surface area contributed by atoms with Crippen LogP contribution in [0.5, 0.6) is 5.75 Å². The number of nitrogens with one attached hydrogen (secondary N) is 1. The number of rotatable bonds is 5. The van der Waals surface area contributed by atoms with Gasteiger partial charge in [-0.3, -0.25) is 5.32 Å². The summed E-state index contributed by atoms with van der Waals surface area (Å²) in [5.41, 5.74) is 0. The molecule has 0 aliphatic heterocycles. The second kappa shape index (κ2) is 5.70. The molecule has 0 amide bonds. The van der Waals surface area contributed by atoms with Crippen molar-refractivity contribution in [2.45, 2.75) is 32.4 Å². The second-order valence-electron chi connectivity index (χ2n) is 3.43. The Balaban J connectivity index is 2.59. The fraction of sp³-hybridized carbons (Fsp3) is 0.455. The maximum Gasteiger partial charge on any atom is 0.177 e. The first kappa shape index (κ1) is 12.0. The molecule has 0 saturated heterocycles. The molecule has 3 unspecified atom stereocenters. The zero-order chi connectivity index (χ0) is 11.3. The van der Waals surface area contributed by atoms with E-state index in [1.807, 2.05) is 18.2 Å². The molecule has 0 radical (unpaired) electrons. The third-order valence-electron chi connectivity index (χ3n) is 1.85. The Bertz CT molecular complexity index is 274. The highest BCUT2D eigenvalue weighted by atomic mass is 16.5. The van der Waals surface area contributed by atoms with E-state index >= 15 is 0 Å². The smallest absolute Gasteiger partial charge is 0.177 e. The molecule has 3 atom stereocenters. The minimum atomic E-state index is -0.728. The Kier molecular flexibility index (Phi) is 4.55. The van der Waals surface area contributed by atoms with E-state index in [-0.39, 0.29) is 0 Å². The van der Waals surface area contributed by atoms with Crippen LogP contribution in [0.15, 0.2) is 30.3 Å². The van der Waals surface area contributed by atoms with Crippen molar-refractivity contribution in [2.24, 2.45) is 0 Å². The van der Waals surface area contributed by atoms with Crippen LogP contribution in [0.2, 0.25) is 0 Å². The van der Waals surface area contributed by atoms with Crippen molar-refractivity contribution in [1.82, 2.24) is 5.32 Å². The van der Waals surface area contributed by atoms with Gasteiger partial charge in [-0.05, 0) is 26.0 Å². The Morgan fingerprint density at radius 3 is 2.20 bits per heavy atom. The molecular weight excluding hydrogens is 194 g/mol. The molecule has 0 heterocycles. The minimum absolute atomic E-state index is 0.618. The number of ether oxygens (including phenoxy) is 1. The van der Waals surface area contributed by atoms with Gasteiger partial charge in [-0.1, -0.05) is 18.2 Å². The molecule has 0 saturated carbocycles. The van der Waals surface area contributed by atoms with Gasteiger partial charge in [-0.15, -0.1) is 0 Å². The van der Waals surface area contributed by atoms with E-state index in [1.165, 1.54) is 0 Å². The number of benzene rings is 1. The van der Waals surface area contributed by atoms with E-state index in [4.69, 9.17) is 9.84 Å². The molecule has 0 aromatic heterocycles. The lowest BCUT2D eigenvalue weighted by Crippen LogP contribution is -2.47. The molecule has 15 heavy (non-hydrogen) atoms. The maximum atomic E-state index is 9.42. The summed E-state index contributed by atoms with van der Waals surface area (Å²) >= 11 is 0. The van der Waals surface area contributed by atoms with Gasteiger partial charge in [0, 0.05) is 0 Å². The lowest BCUT2D eigenvalue weighted by molar-refractivity contribution is -0.0103. The molecule has 3 N–H and O–H groups in total. The highest BCUT2D eigenvalue weighted by Crippen LogP contribution is 2.11. The van der Waals surface area contributed by atoms with Crippen molar-refractivity contribution >= 4 is 0 Å². The zero-order valence-electron chi connectivity index (χ0n) is 8.92. The first-order valence-electron chi connectivity index (χ1n) is 4.93. The SMILES string of the molecule is CC(O)NC(Oc1ccccc1)C(C)O. The van der Waals surface area contributed by atoms with E-state index in [2.05, 4.69) is 5.32 Å². The summed E-state index contributed by atoms with van der Waals surface area (Å²) in [4.78, 5) is 0. The molecule has 0 aliphatic carbocycles. The first-order valence-corrected chi connectivity index (χ1v) is 4.93. The molecular formula is C11H17NO3. The van der Waals surface area contributed by atoms with Gasteiger partial charge >= 0.3 is 0 Å². The number of aliphatic hydroxyl groups is 2. The zero-order valence-corrected chi connectivity index (χ0v) is 8.92. The van der Waals surface area contributed by atoms with Gasteiger partial charge in [0.05, 0.1) is 0 Å². The predicted molar refractivity (Wildman–Crippen MR) is 57.4 cm³/mol. The minimum Gasteiger partial charge on any atom is -0.473 e. The monoisotopic (exact) mass is 211 g/mol. The fourth-order valence-electron chi connectivity index (χ4n) is 1.16. The van der Waals surface area contributed by atoms with E-state index in [9.17, 15) is 5.11 Å². The molecule has 1 aromatic rings. The predicted octanol–water partition coefficient (Wildman–Crippen LogP) is 0.700. The first-order chi connectivity index (χ1) is 7.09. The average Bonchev–Trinajstić information content (AvgIpc) is 2.17. The van der Waals surface area contributed by atoms with Crippen molar-refractivity contribution in [2.75, 3.05) is 0 Å². The van der Waals surface area contributed by atoms with Crippen molar-refractivity contribution in [3.8, 4) is 5.75 Å². The molecule has 84 valence electrons. The average molecular weight is 211 g/mol. The summed E-state index contributed by atoms with van der Waals surface area (Å²) in [7, 11) is 0. The molecule has 4 heteroatoms. The fourth-order valence-corrected chi connectivity index (χ4v) is 1.16. The van der Waals surface area contributed by atoms with Crippen LogP contribution in [0.1, 0.15) is 13.8 Å². The Labute approximate surface area is 89.5 Å². The topological polar surface area (TPSA) is 61.7 Å². The van der Waals surface area contributed by atoms with Crippen LogP contribution in [0.4, 0.5) is 0 Å². The molecule has 0 aliphatic rings. The molecule has 1 aromatic carbocycles. The normalized spacial score (nSPS) is 16.8. The third kappa shape index (κ3) is 4.29. The highest BCUT2D eigenvalue weighted by molar-refractivity contribution is 5.21. The van der Waals surface area contributed by atoms with Crippen LogP contribution in [0.3, 0.4) is 0 Å². The van der Waals surface area contributed by atoms with Crippen molar-refractivity contribution in [1.29, 1.82) is 0 Å². The second-order valence-corrected chi connectivity index (χ2v) is 3.43. The van der Waals surface area contributed by atoms with Crippen LogP contribution in [0, 0.1) is 0 Å². The summed E-state index contributed by atoms with van der Waals surface area (Å²) in [6.45, 7) is 3.17. The van der Waals surface area contributed by atoms with E-state index in [1.54, 1.807) is 26.0 Å².